The van der Waals surface area contributed by atoms with Crippen molar-refractivity contribution in [3.05, 3.63) is 59.7 Å². The first-order chi connectivity index (χ1) is 15.3. The number of benzene rings is 1. The van der Waals surface area contributed by atoms with Crippen LogP contribution in [-0.4, -0.2) is 45.3 Å². The van der Waals surface area contributed by atoms with Gasteiger partial charge in [0.15, 0.2) is 0 Å². The highest BCUT2D eigenvalue weighted by Crippen LogP contribution is 2.25. The van der Waals surface area contributed by atoms with Gasteiger partial charge in [0.2, 0.25) is 11.8 Å². The van der Waals surface area contributed by atoms with Crippen molar-refractivity contribution in [2.45, 2.75) is 72.0 Å². The minimum Gasteiger partial charge on any atom is -0.345 e. The molecule has 0 atom stereocenters. The average Bonchev–Trinajstić information content (AvgIpc) is 3.20. The number of hydrogen-bond acceptors (Lipinski definition) is 2. The maximum Gasteiger partial charge on any atom is 0.242 e. The van der Waals surface area contributed by atoms with Crippen LogP contribution in [0.15, 0.2) is 42.6 Å². The lowest BCUT2D eigenvalue weighted by Gasteiger charge is -2.36. The van der Waals surface area contributed by atoms with E-state index in [9.17, 15) is 14.0 Å². The highest BCUT2D eigenvalue weighted by molar-refractivity contribution is 5.84. The molecule has 0 spiro atoms. The van der Waals surface area contributed by atoms with Crippen molar-refractivity contribution in [2.24, 2.45) is 5.92 Å². The first kappa shape index (κ1) is 24.0. The molecule has 0 N–H and O–H groups in total. The van der Waals surface area contributed by atoms with Crippen LogP contribution < -0.4 is 0 Å². The van der Waals surface area contributed by atoms with Crippen molar-refractivity contribution >= 4 is 11.8 Å². The van der Waals surface area contributed by atoms with E-state index in [0.29, 0.717) is 25.6 Å². The fourth-order valence-corrected chi connectivity index (χ4v) is 4.52. The molecule has 1 aliphatic carbocycles. The number of amides is 2. The number of rotatable bonds is 9. The van der Waals surface area contributed by atoms with E-state index in [1.807, 2.05) is 23.2 Å². The van der Waals surface area contributed by atoms with Crippen molar-refractivity contribution in [3.8, 4) is 0 Å². The summed E-state index contributed by atoms with van der Waals surface area (Å²) in [6, 6.07) is 10.8. The fraction of sp³-hybridized carbons (Fsp3) is 0.538. The Kier molecular flexibility index (Phi) is 8.48. The summed E-state index contributed by atoms with van der Waals surface area (Å²) in [4.78, 5) is 29.2. The second-order valence-electron chi connectivity index (χ2n) is 9.36. The Morgan fingerprint density at radius 3 is 2.41 bits per heavy atom. The Morgan fingerprint density at radius 2 is 1.78 bits per heavy atom. The van der Waals surface area contributed by atoms with Crippen LogP contribution in [0.4, 0.5) is 4.39 Å². The second kappa shape index (κ2) is 11.3. The van der Waals surface area contributed by atoms with Gasteiger partial charge in [-0.2, -0.15) is 0 Å². The summed E-state index contributed by atoms with van der Waals surface area (Å²) in [5.74, 6) is 0.0207. The molecule has 174 valence electrons. The van der Waals surface area contributed by atoms with E-state index >= 15 is 0 Å². The first-order valence-corrected chi connectivity index (χ1v) is 11.8. The van der Waals surface area contributed by atoms with Crippen molar-refractivity contribution in [1.82, 2.24) is 14.4 Å². The molecule has 0 aliphatic heterocycles. The Balaban J connectivity index is 1.78. The molecule has 1 saturated carbocycles. The van der Waals surface area contributed by atoms with Crippen molar-refractivity contribution in [1.29, 1.82) is 0 Å². The summed E-state index contributed by atoms with van der Waals surface area (Å²) < 4.78 is 15.4. The monoisotopic (exact) mass is 441 g/mol. The van der Waals surface area contributed by atoms with Crippen LogP contribution >= 0.6 is 0 Å². The zero-order valence-corrected chi connectivity index (χ0v) is 19.6. The van der Waals surface area contributed by atoms with E-state index in [0.717, 1.165) is 36.9 Å². The van der Waals surface area contributed by atoms with Gasteiger partial charge in [0.1, 0.15) is 5.82 Å². The minimum atomic E-state index is -0.244. The fourth-order valence-electron chi connectivity index (χ4n) is 4.52. The molecule has 1 aromatic carbocycles. The summed E-state index contributed by atoms with van der Waals surface area (Å²) in [6.45, 7) is 7.51. The normalized spacial score (nSPS) is 14.5. The van der Waals surface area contributed by atoms with E-state index in [-0.39, 0.29) is 30.2 Å². The van der Waals surface area contributed by atoms with Crippen LogP contribution in [0, 0.1) is 11.7 Å². The highest BCUT2D eigenvalue weighted by Gasteiger charge is 2.28. The molecule has 1 fully saturated rings. The number of carbonyl (C=O) groups excluding carboxylic acids is 2. The molecule has 1 aromatic heterocycles. The molecule has 2 amide bonds. The number of nitrogens with zero attached hydrogens (tertiary/aromatic N) is 3. The lowest BCUT2D eigenvalue weighted by atomic mass is 9.94. The van der Waals surface area contributed by atoms with Crippen molar-refractivity contribution < 1.29 is 14.0 Å². The zero-order valence-electron chi connectivity index (χ0n) is 19.6. The van der Waals surface area contributed by atoms with Crippen LogP contribution in [0.25, 0.3) is 0 Å². The summed E-state index contributed by atoms with van der Waals surface area (Å²) in [6.07, 6.45) is 7.50. The molecule has 32 heavy (non-hydrogen) atoms. The van der Waals surface area contributed by atoms with Gasteiger partial charge in [-0.05, 0) is 48.6 Å². The van der Waals surface area contributed by atoms with Crippen molar-refractivity contribution in [2.75, 3.05) is 13.1 Å². The summed E-state index contributed by atoms with van der Waals surface area (Å²) in [5.41, 5.74) is 2.06. The first-order valence-electron chi connectivity index (χ1n) is 11.8. The highest BCUT2D eigenvalue weighted by atomic mass is 19.1. The smallest absolute Gasteiger partial charge is 0.242 e. The molecule has 0 bridgehead atoms. The molecule has 3 rings (SSSR count). The van der Waals surface area contributed by atoms with Crippen LogP contribution in [0.5, 0.6) is 0 Å². The summed E-state index contributed by atoms with van der Waals surface area (Å²) in [5, 5.41) is 0. The molecule has 6 heteroatoms. The van der Waals surface area contributed by atoms with Gasteiger partial charge in [0.25, 0.3) is 0 Å². The molecule has 5 nitrogen and oxygen atoms in total. The van der Waals surface area contributed by atoms with Crippen LogP contribution in [0.3, 0.4) is 0 Å². The van der Waals surface area contributed by atoms with E-state index in [1.165, 1.54) is 25.5 Å². The number of aromatic nitrogens is 1. The number of carbonyl (C=O) groups is 2. The zero-order chi connectivity index (χ0) is 23.1. The molecular weight excluding hydrogens is 405 g/mol. The van der Waals surface area contributed by atoms with Gasteiger partial charge < -0.3 is 14.4 Å². The van der Waals surface area contributed by atoms with Gasteiger partial charge >= 0.3 is 0 Å². The van der Waals surface area contributed by atoms with Gasteiger partial charge in [0.05, 0.1) is 13.1 Å². The standard InChI is InChI=1S/C26H36FN3O2/c1-20(2)16-29(21(3)31)19-26(32)30(24-8-5-4-6-9-24)18-25-10-7-15-28(25)17-22-11-13-23(27)14-12-22/h7,10-15,20,24H,4-6,8-9,16-19H2,1-3H3. The topological polar surface area (TPSA) is 45.6 Å². The number of halogens is 1. The van der Waals surface area contributed by atoms with Crippen LogP contribution in [0.2, 0.25) is 0 Å². The van der Waals surface area contributed by atoms with E-state index in [1.54, 1.807) is 17.0 Å². The summed E-state index contributed by atoms with van der Waals surface area (Å²) >= 11 is 0. The molecule has 2 aromatic rings. The summed E-state index contributed by atoms with van der Waals surface area (Å²) in [7, 11) is 0. The largest absolute Gasteiger partial charge is 0.345 e. The lowest BCUT2D eigenvalue weighted by molar-refractivity contribution is -0.142. The van der Waals surface area contributed by atoms with E-state index in [2.05, 4.69) is 18.4 Å². The second-order valence-corrected chi connectivity index (χ2v) is 9.36. The quantitative estimate of drug-likeness (QED) is 0.559. The molecule has 0 saturated heterocycles. The predicted octanol–water partition coefficient (Wildman–Crippen LogP) is 4.84. The maximum absolute atomic E-state index is 13.5. The van der Waals surface area contributed by atoms with Gasteiger partial charge in [-0.1, -0.05) is 45.2 Å². The molecule has 0 unspecified atom stereocenters. The number of hydrogen-bond donors (Lipinski definition) is 0. The third-order valence-corrected chi connectivity index (χ3v) is 6.21. The average molecular weight is 442 g/mol. The SMILES string of the molecule is CC(=O)N(CC(=O)N(Cc1cccn1Cc1ccc(F)cc1)C1CCCCC1)CC(C)C. The molecule has 0 radical (unpaired) electrons. The van der Waals surface area contributed by atoms with Gasteiger partial charge in [-0.15, -0.1) is 0 Å². The van der Waals surface area contributed by atoms with Crippen LogP contribution in [0.1, 0.15) is 64.1 Å². The Bertz CT molecular complexity index is 885. The van der Waals surface area contributed by atoms with Gasteiger partial charge in [-0.25, -0.2) is 4.39 Å². The Hall–Kier alpha value is -2.63. The minimum absolute atomic E-state index is 0.0160. The van der Waals surface area contributed by atoms with E-state index in [4.69, 9.17) is 0 Å². The molecular formula is C26H36FN3O2. The van der Waals surface area contributed by atoms with E-state index < -0.39 is 0 Å². The third kappa shape index (κ3) is 6.68. The Morgan fingerprint density at radius 1 is 1.09 bits per heavy atom. The molecule has 1 aliphatic rings. The van der Waals surface area contributed by atoms with Crippen LogP contribution in [-0.2, 0) is 22.7 Å². The predicted molar refractivity (Wildman–Crippen MR) is 124 cm³/mol. The Labute approximate surface area is 191 Å². The lowest BCUT2D eigenvalue weighted by Crippen LogP contribution is -2.47. The maximum atomic E-state index is 13.5. The van der Waals surface area contributed by atoms with Gasteiger partial charge in [0, 0.05) is 37.9 Å². The molecule has 1 heterocycles. The van der Waals surface area contributed by atoms with Gasteiger partial charge in [-0.3, -0.25) is 9.59 Å². The van der Waals surface area contributed by atoms with Crippen molar-refractivity contribution in [3.63, 3.8) is 0 Å². The third-order valence-electron chi connectivity index (χ3n) is 6.21.